The first-order chi connectivity index (χ1) is 15.4. The molecule has 1 fully saturated rings. The Morgan fingerprint density at radius 2 is 1.76 bits per heavy atom. The van der Waals surface area contributed by atoms with Crippen LogP contribution in [-0.4, -0.2) is 60.7 Å². The number of ether oxygens (including phenoxy) is 1. The number of halogens is 2. The van der Waals surface area contributed by atoms with Gasteiger partial charge in [-0.2, -0.15) is 0 Å². The van der Waals surface area contributed by atoms with Crippen molar-refractivity contribution < 1.29 is 28.2 Å². The molecule has 1 saturated heterocycles. The van der Waals surface area contributed by atoms with E-state index in [1.807, 2.05) is 20.8 Å². The minimum Gasteiger partial charge on any atom is -0.478 e. The Morgan fingerprint density at radius 3 is 2.24 bits per heavy atom. The van der Waals surface area contributed by atoms with E-state index in [2.05, 4.69) is 38.8 Å². The van der Waals surface area contributed by atoms with Crippen molar-refractivity contribution in [3.8, 4) is 0 Å². The van der Waals surface area contributed by atoms with Crippen molar-refractivity contribution in [1.82, 2.24) is 9.88 Å². The molecule has 2 rings (SSSR count). The van der Waals surface area contributed by atoms with Gasteiger partial charge in [-0.15, -0.1) is 0 Å². The second-order valence-electron chi connectivity index (χ2n) is 11.7. The Hall–Kier alpha value is -1.71. The van der Waals surface area contributed by atoms with E-state index in [1.54, 1.807) is 4.90 Å². The minimum atomic E-state index is -2.11. The van der Waals surface area contributed by atoms with Crippen LogP contribution in [-0.2, 0) is 15.6 Å². The molecule has 0 atom stereocenters. The molecule has 0 aliphatic carbocycles. The molecule has 2 heterocycles. The van der Waals surface area contributed by atoms with Gasteiger partial charge < -0.3 is 19.2 Å². The lowest BCUT2D eigenvalue weighted by molar-refractivity contribution is 0.000723. The number of carbonyl (C=O) groups is 2. The first-order valence-electron chi connectivity index (χ1n) is 11.6. The SMILES string of the molecule is CC(C)(C)OC(=O)N1CCC(CO[Si](C)(C)C(C)(C)C)(Cc2ncc(Cl)c(C(=O)O)c2F)CC1. The monoisotopic (exact) mass is 516 g/mol. The van der Waals surface area contributed by atoms with Gasteiger partial charge in [0.15, 0.2) is 14.1 Å². The minimum absolute atomic E-state index is 0.00828. The molecule has 0 aromatic carbocycles. The maximum Gasteiger partial charge on any atom is 0.410 e. The number of carbonyl (C=O) groups excluding carboxylic acids is 1. The van der Waals surface area contributed by atoms with Crippen molar-refractivity contribution >= 4 is 32.0 Å². The van der Waals surface area contributed by atoms with E-state index in [9.17, 15) is 14.7 Å². The fourth-order valence-electron chi connectivity index (χ4n) is 3.59. The normalized spacial score (nSPS) is 16.9. The van der Waals surface area contributed by atoms with Crippen LogP contribution < -0.4 is 0 Å². The number of pyridine rings is 1. The van der Waals surface area contributed by atoms with Crippen LogP contribution in [0.3, 0.4) is 0 Å². The molecule has 1 aromatic heterocycles. The average molecular weight is 517 g/mol. The number of aromatic nitrogens is 1. The standard InChI is InChI=1S/C24H38ClFN2O5Si/c1-22(2,3)33-21(31)28-11-9-24(10-12-28,15-32-34(7,8)23(4,5)6)13-17-19(26)18(20(29)30)16(25)14-27-17/h14H,9-13,15H2,1-8H3,(H,29,30). The second-order valence-corrected chi connectivity index (χ2v) is 17.0. The summed E-state index contributed by atoms with van der Waals surface area (Å²) in [5.41, 5.74) is -1.63. The van der Waals surface area contributed by atoms with E-state index >= 15 is 4.39 Å². The summed E-state index contributed by atoms with van der Waals surface area (Å²) in [4.78, 5) is 29.9. The van der Waals surface area contributed by atoms with E-state index < -0.39 is 36.7 Å². The summed E-state index contributed by atoms with van der Waals surface area (Å²) in [6, 6.07) is 0. The summed E-state index contributed by atoms with van der Waals surface area (Å²) >= 11 is 5.89. The zero-order valence-electron chi connectivity index (χ0n) is 21.6. The first kappa shape index (κ1) is 28.5. The molecular formula is C24H38ClFN2O5Si. The average Bonchev–Trinajstić information content (AvgIpc) is 2.67. The fraction of sp³-hybridized carbons (Fsp3) is 0.708. The van der Waals surface area contributed by atoms with Crippen molar-refractivity contribution in [2.75, 3.05) is 19.7 Å². The third-order valence-corrected chi connectivity index (χ3v) is 11.6. The Balaban J connectivity index is 2.33. The number of hydrogen-bond donors (Lipinski definition) is 1. The van der Waals surface area contributed by atoms with Crippen LogP contribution in [0.5, 0.6) is 0 Å². The van der Waals surface area contributed by atoms with Gasteiger partial charge in [-0.1, -0.05) is 32.4 Å². The predicted octanol–water partition coefficient (Wildman–Crippen LogP) is 6.15. The molecule has 0 spiro atoms. The maximum absolute atomic E-state index is 15.1. The molecule has 7 nitrogen and oxygen atoms in total. The zero-order valence-corrected chi connectivity index (χ0v) is 23.3. The summed E-state index contributed by atoms with van der Waals surface area (Å²) < 4.78 is 27.2. The van der Waals surface area contributed by atoms with Crippen molar-refractivity contribution in [2.24, 2.45) is 5.41 Å². The van der Waals surface area contributed by atoms with Gasteiger partial charge in [-0.25, -0.2) is 14.0 Å². The van der Waals surface area contributed by atoms with Gasteiger partial charge in [0.05, 0.1) is 10.7 Å². The molecule has 1 amide bonds. The Labute approximate surface area is 208 Å². The highest BCUT2D eigenvalue weighted by Gasteiger charge is 2.43. The summed E-state index contributed by atoms with van der Waals surface area (Å²) in [6.45, 7) is 17.4. The molecule has 0 saturated carbocycles. The first-order valence-corrected chi connectivity index (χ1v) is 14.8. The van der Waals surface area contributed by atoms with E-state index in [1.165, 1.54) is 6.20 Å². The highest BCUT2D eigenvalue weighted by atomic mass is 35.5. The van der Waals surface area contributed by atoms with Crippen LogP contribution in [0.4, 0.5) is 9.18 Å². The number of hydrogen-bond acceptors (Lipinski definition) is 5. The number of piperidine rings is 1. The van der Waals surface area contributed by atoms with E-state index in [4.69, 9.17) is 20.8 Å². The summed E-state index contributed by atoms with van der Waals surface area (Å²) in [6.07, 6.45) is 2.09. The third-order valence-electron chi connectivity index (χ3n) is 6.82. The van der Waals surface area contributed by atoms with Crippen molar-refractivity contribution in [3.05, 3.63) is 28.3 Å². The lowest BCUT2D eigenvalue weighted by Crippen LogP contribution is -2.50. The van der Waals surface area contributed by atoms with Crippen LogP contribution in [0.2, 0.25) is 23.2 Å². The topological polar surface area (TPSA) is 89.0 Å². The molecule has 1 N–H and O–H groups in total. The van der Waals surface area contributed by atoms with Crippen molar-refractivity contribution in [3.63, 3.8) is 0 Å². The quantitative estimate of drug-likeness (QED) is 0.456. The van der Waals surface area contributed by atoms with Gasteiger partial charge in [-0.05, 0) is 51.7 Å². The van der Waals surface area contributed by atoms with Gasteiger partial charge >= 0.3 is 12.1 Å². The highest BCUT2D eigenvalue weighted by Crippen LogP contribution is 2.42. The van der Waals surface area contributed by atoms with Gasteiger partial charge in [-0.3, -0.25) is 4.98 Å². The van der Waals surface area contributed by atoms with Crippen LogP contribution >= 0.6 is 11.6 Å². The number of likely N-dealkylation sites (tertiary alicyclic amines) is 1. The van der Waals surface area contributed by atoms with E-state index in [0.29, 0.717) is 32.5 Å². The summed E-state index contributed by atoms with van der Waals surface area (Å²) in [5.74, 6) is -2.35. The summed E-state index contributed by atoms with van der Waals surface area (Å²) in [7, 11) is -2.11. The third kappa shape index (κ3) is 6.92. The van der Waals surface area contributed by atoms with Gasteiger partial charge in [0.2, 0.25) is 0 Å². The smallest absolute Gasteiger partial charge is 0.410 e. The predicted molar refractivity (Wildman–Crippen MR) is 132 cm³/mol. The summed E-state index contributed by atoms with van der Waals surface area (Å²) in [5, 5.41) is 9.16. The number of carboxylic acids is 1. The lowest BCUT2D eigenvalue weighted by Gasteiger charge is -2.45. The molecular weight excluding hydrogens is 479 g/mol. The number of amides is 1. The Morgan fingerprint density at radius 1 is 1.21 bits per heavy atom. The molecule has 10 heteroatoms. The number of nitrogens with zero attached hydrogens (tertiary/aromatic N) is 2. The van der Waals surface area contributed by atoms with Crippen LogP contribution in [0.1, 0.15) is 70.4 Å². The van der Waals surface area contributed by atoms with Crippen molar-refractivity contribution in [2.45, 2.75) is 84.5 Å². The zero-order chi connectivity index (χ0) is 26.1. The van der Waals surface area contributed by atoms with Gasteiger partial charge in [0.25, 0.3) is 0 Å². The molecule has 192 valence electrons. The van der Waals surface area contributed by atoms with Crippen LogP contribution in [0.25, 0.3) is 0 Å². The molecule has 0 radical (unpaired) electrons. The Kier molecular flexibility index (Phi) is 8.48. The second kappa shape index (κ2) is 10.1. The number of rotatable bonds is 6. The number of aromatic carboxylic acids is 1. The van der Waals surface area contributed by atoms with Gasteiger partial charge in [0.1, 0.15) is 11.2 Å². The highest BCUT2D eigenvalue weighted by molar-refractivity contribution is 6.74. The van der Waals surface area contributed by atoms with Crippen LogP contribution in [0.15, 0.2) is 6.20 Å². The maximum atomic E-state index is 15.1. The lowest BCUT2D eigenvalue weighted by atomic mass is 9.75. The molecule has 1 aromatic rings. The van der Waals surface area contributed by atoms with Crippen molar-refractivity contribution in [1.29, 1.82) is 0 Å². The molecule has 0 bridgehead atoms. The molecule has 1 aliphatic heterocycles. The number of carboxylic acid groups (broad SMARTS) is 1. The molecule has 34 heavy (non-hydrogen) atoms. The Bertz CT molecular complexity index is 919. The molecule has 1 aliphatic rings. The van der Waals surface area contributed by atoms with E-state index in [-0.39, 0.29) is 28.3 Å². The van der Waals surface area contributed by atoms with Crippen LogP contribution in [0, 0.1) is 11.2 Å². The van der Waals surface area contributed by atoms with Gasteiger partial charge in [0, 0.05) is 37.7 Å². The largest absolute Gasteiger partial charge is 0.478 e. The van der Waals surface area contributed by atoms with E-state index in [0.717, 1.165) is 0 Å². The molecule has 0 unspecified atom stereocenters. The fourth-order valence-corrected chi connectivity index (χ4v) is 4.90.